The monoisotopic (exact) mass is 375 g/mol. The Hall–Kier alpha value is -2.07. The van der Waals surface area contributed by atoms with Gasteiger partial charge in [0.1, 0.15) is 0 Å². The van der Waals surface area contributed by atoms with E-state index in [-0.39, 0.29) is 16.8 Å². The number of halogens is 4. The van der Waals surface area contributed by atoms with Gasteiger partial charge in [-0.05, 0) is 12.1 Å². The van der Waals surface area contributed by atoms with E-state index in [1.807, 2.05) is 0 Å². The molecule has 3 aromatic rings. The van der Waals surface area contributed by atoms with E-state index < -0.39 is 12.0 Å². The first-order valence-corrected chi connectivity index (χ1v) is 7.89. The number of aromatic nitrogens is 5. The predicted molar refractivity (Wildman–Crippen MR) is 80.3 cm³/mol. The molecule has 0 unspecified atom stereocenters. The maximum atomic E-state index is 12.7. The highest BCUT2D eigenvalue weighted by molar-refractivity contribution is 7.98. The molecule has 0 saturated carbocycles. The Labute approximate surface area is 143 Å². The Bertz CT molecular complexity index is 863. The number of alkyl halides is 3. The molecule has 0 radical (unpaired) electrons. The van der Waals surface area contributed by atoms with Crippen molar-refractivity contribution in [3.63, 3.8) is 0 Å². The summed E-state index contributed by atoms with van der Waals surface area (Å²) >= 11 is 7.07. The van der Waals surface area contributed by atoms with Gasteiger partial charge in [0.05, 0.1) is 16.3 Å². The van der Waals surface area contributed by atoms with Gasteiger partial charge in [0.2, 0.25) is 5.82 Å². The molecule has 0 fully saturated rings. The molecule has 0 aliphatic rings. The van der Waals surface area contributed by atoms with Crippen LogP contribution in [0, 0.1) is 0 Å². The van der Waals surface area contributed by atoms with Crippen molar-refractivity contribution >= 4 is 23.4 Å². The SMILES string of the molecule is Cn1c(SCc2noc(-c3ccccc3Cl)n2)nnc1C(F)(F)F. The van der Waals surface area contributed by atoms with Crippen molar-refractivity contribution in [3.05, 3.63) is 40.9 Å². The molecule has 0 saturated heterocycles. The summed E-state index contributed by atoms with van der Waals surface area (Å²) in [6.07, 6.45) is -4.55. The second kappa shape index (κ2) is 6.44. The average molecular weight is 376 g/mol. The smallest absolute Gasteiger partial charge is 0.334 e. The Balaban J connectivity index is 1.73. The van der Waals surface area contributed by atoms with Crippen molar-refractivity contribution in [1.29, 1.82) is 0 Å². The Morgan fingerprint density at radius 1 is 1.25 bits per heavy atom. The van der Waals surface area contributed by atoms with Crippen molar-refractivity contribution in [2.75, 3.05) is 0 Å². The normalized spacial score (nSPS) is 11.9. The quantitative estimate of drug-likeness (QED) is 0.645. The molecule has 2 aromatic heterocycles. The van der Waals surface area contributed by atoms with Crippen molar-refractivity contribution in [2.24, 2.45) is 7.05 Å². The Morgan fingerprint density at radius 3 is 2.67 bits per heavy atom. The van der Waals surface area contributed by atoms with E-state index in [1.165, 1.54) is 7.05 Å². The zero-order chi connectivity index (χ0) is 17.3. The maximum absolute atomic E-state index is 12.7. The molecule has 2 heterocycles. The largest absolute Gasteiger partial charge is 0.451 e. The van der Waals surface area contributed by atoms with Gasteiger partial charge in [-0.2, -0.15) is 18.2 Å². The van der Waals surface area contributed by atoms with Crippen molar-refractivity contribution < 1.29 is 17.7 Å². The fourth-order valence-electron chi connectivity index (χ4n) is 1.87. The third-order valence-corrected chi connectivity index (χ3v) is 4.34. The minimum absolute atomic E-state index is 0.103. The third-order valence-electron chi connectivity index (χ3n) is 2.99. The first kappa shape index (κ1) is 16.8. The third kappa shape index (κ3) is 3.39. The van der Waals surface area contributed by atoms with Crippen LogP contribution in [-0.4, -0.2) is 24.9 Å². The number of nitrogens with zero attached hydrogens (tertiary/aromatic N) is 5. The standard InChI is InChI=1S/C13H9ClF3N5OS/c1-22-11(13(15,16)17)19-20-12(22)24-6-9-18-10(23-21-9)7-4-2-3-5-8(7)14/h2-5H,6H2,1H3. The van der Waals surface area contributed by atoms with Gasteiger partial charge in [0, 0.05) is 7.05 Å². The molecule has 0 amide bonds. The van der Waals surface area contributed by atoms with Crippen LogP contribution in [0.4, 0.5) is 13.2 Å². The highest BCUT2D eigenvalue weighted by Gasteiger charge is 2.37. The van der Waals surface area contributed by atoms with E-state index in [0.717, 1.165) is 16.3 Å². The average Bonchev–Trinajstić information content (AvgIpc) is 3.12. The number of rotatable bonds is 4. The highest BCUT2D eigenvalue weighted by Crippen LogP contribution is 2.31. The van der Waals surface area contributed by atoms with Gasteiger partial charge in [-0.15, -0.1) is 10.2 Å². The van der Waals surface area contributed by atoms with Crippen molar-refractivity contribution in [2.45, 2.75) is 17.1 Å². The first-order chi connectivity index (χ1) is 11.4. The molecule has 0 N–H and O–H groups in total. The fourth-order valence-corrected chi connectivity index (χ4v) is 2.84. The van der Waals surface area contributed by atoms with Crippen LogP contribution >= 0.6 is 23.4 Å². The molecular weight excluding hydrogens is 367 g/mol. The van der Waals surface area contributed by atoms with Gasteiger partial charge < -0.3 is 9.09 Å². The molecular formula is C13H9ClF3N5OS. The van der Waals surface area contributed by atoms with E-state index in [1.54, 1.807) is 24.3 Å². The number of hydrogen-bond donors (Lipinski definition) is 0. The predicted octanol–water partition coefficient (Wildman–Crippen LogP) is 3.83. The summed E-state index contributed by atoms with van der Waals surface area (Å²) in [5.74, 6) is -0.330. The van der Waals surface area contributed by atoms with E-state index in [9.17, 15) is 13.2 Å². The molecule has 24 heavy (non-hydrogen) atoms. The zero-order valence-electron chi connectivity index (χ0n) is 12.1. The van der Waals surface area contributed by atoms with Crippen molar-refractivity contribution in [1.82, 2.24) is 24.9 Å². The Morgan fingerprint density at radius 2 is 2.00 bits per heavy atom. The summed E-state index contributed by atoms with van der Waals surface area (Å²) in [6, 6.07) is 6.96. The van der Waals surface area contributed by atoms with Gasteiger partial charge >= 0.3 is 6.18 Å². The highest BCUT2D eigenvalue weighted by atomic mass is 35.5. The molecule has 126 valence electrons. The van der Waals surface area contributed by atoms with E-state index >= 15 is 0 Å². The van der Waals surface area contributed by atoms with E-state index in [4.69, 9.17) is 16.1 Å². The molecule has 0 spiro atoms. The molecule has 0 bridgehead atoms. The maximum Gasteiger partial charge on any atom is 0.451 e. The topological polar surface area (TPSA) is 69.6 Å². The molecule has 0 atom stereocenters. The number of thioether (sulfide) groups is 1. The molecule has 11 heteroatoms. The van der Waals surface area contributed by atoms with Crippen LogP contribution in [0.1, 0.15) is 11.6 Å². The summed E-state index contributed by atoms with van der Waals surface area (Å²) in [5.41, 5.74) is 0.584. The summed E-state index contributed by atoms with van der Waals surface area (Å²) in [5, 5.41) is 11.0. The summed E-state index contributed by atoms with van der Waals surface area (Å²) < 4.78 is 44.0. The number of hydrogen-bond acceptors (Lipinski definition) is 6. The lowest BCUT2D eigenvalue weighted by Gasteiger charge is -2.05. The zero-order valence-corrected chi connectivity index (χ0v) is 13.7. The molecule has 0 aliphatic heterocycles. The molecule has 6 nitrogen and oxygen atoms in total. The molecule has 0 aliphatic carbocycles. The lowest BCUT2D eigenvalue weighted by molar-refractivity contribution is -0.147. The minimum atomic E-state index is -4.55. The van der Waals surface area contributed by atoms with Gasteiger partial charge in [0.15, 0.2) is 11.0 Å². The lowest BCUT2D eigenvalue weighted by Crippen LogP contribution is -2.12. The second-order valence-electron chi connectivity index (χ2n) is 4.65. The van der Waals surface area contributed by atoms with E-state index in [2.05, 4.69) is 20.3 Å². The van der Waals surface area contributed by atoms with Crippen LogP contribution in [-0.2, 0) is 19.0 Å². The van der Waals surface area contributed by atoms with Crippen LogP contribution < -0.4 is 0 Å². The van der Waals surface area contributed by atoms with Crippen LogP contribution in [0.25, 0.3) is 11.5 Å². The van der Waals surface area contributed by atoms with Gasteiger partial charge in [-0.3, -0.25) is 0 Å². The molecule has 1 aromatic carbocycles. The number of benzene rings is 1. The van der Waals surface area contributed by atoms with Gasteiger partial charge in [-0.25, -0.2) is 0 Å². The minimum Gasteiger partial charge on any atom is -0.334 e. The van der Waals surface area contributed by atoms with Gasteiger partial charge in [0.25, 0.3) is 5.89 Å². The van der Waals surface area contributed by atoms with Crippen LogP contribution in [0.3, 0.4) is 0 Å². The molecule has 3 rings (SSSR count). The Kier molecular flexibility index (Phi) is 4.50. The van der Waals surface area contributed by atoms with Crippen LogP contribution in [0.5, 0.6) is 0 Å². The van der Waals surface area contributed by atoms with Crippen LogP contribution in [0.2, 0.25) is 5.02 Å². The lowest BCUT2D eigenvalue weighted by atomic mass is 10.2. The summed E-state index contributed by atoms with van der Waals surface area (Å²) in [6.45, 7) is 0. The van der Waals surface area contributed by atoms with Crippen molar-refractivity contribution in [3.8, 4) is 11.5 Å². The summed E-state index contributed by atoms with van der Waals surface area (Å²) in [4.78, 5) is 4.18. The van der Waals surface area contributed by atoms with Crippen LogP contribution in [0.15, 0.2) is 33.9 Å². The second-order valence-corrected chi connectivity index (χ2v) is 6.00. The fraction of sp³-hybridized carbons (Fsp3) is 0.231. The summed E-state index contributed by atoms with van der Waals surface area (Å²) in [7, 11) is 1.25. The van der Waals surface area contributed by atoms with Gasteiger partial charge in [-0.1, -0.05) is 40.7 Å². The van der Waals surface area contributed by atoms with E-state index in [0.29, 0.717) is 16.4 Å². The first-order valence-electron chi connectivity index (χ1n) is 6.53.